The molecule has 0 aromatic carbocycles. The molecule has 0 aliphatic heterocycles. The summed E-state index contributed by atoms with van der Waals surface area (Å²) in [7, 11) is 3.86. The minimum absolute atomic E-state index is 0.636. The highest BCUT2D eigenvalue weighted by atomic mass is 32.2. The van der Waals surface area contributed by atoms with Crippen molar-refractivity contribution in [1.29, 1.82) is 0 Å². The van der Waals surface area contributed by atoms with Crippen LogP contribution < -0.4 is 15.5 Å². The van der Waals surface area contributed by atoms with Crippen molar-refractivity contribution in [3.05, 3.63) is 0 Å². The molecule has 0 saturated carbocycles. The Bertz CT molecular complexity index is 385. The number of hydrogen-bond acceptors (Lipinski definition) is 7. The van der Waals surface area contributed by atoms with Crippen molar-refractivity contribution in [2.75, 3.05) is 54.7 Å². The van der Waals surface area contributed by atoms with E-state index in [1.165, 1.54) is 12.2 Å². The third-order valence-electron chi connectivity index (χ3n) is 2.62. The molecule has 6 nitrogen and oxygen atoms in total. The Morgan fingerprint density at radius 1 is 1.00 bits per heavy atom. The highest BCUT2D eigenvalue weighted by Gasteiger charge is 2.07. The standard InChI is InChI=1S/C13H26N6S/c1-5-8-14-11-16-12(15-9-6-7-10-20-4)18-13(17-11)19(2)3/h5-10H2,1-4H3,(H2,14,15,16,17,18). The van der Waals surface area contributed by atoms with Crippen LogP contribution in [0.1, 0.15) is 26.2 Å². The molecule has 2 N–H and O–H groups in total. The number of nitrogens with zero attached hydrogens (tertiary/aromatic N) is 4. The highest BCUT2D eigenvalue weighted by molar-refractivity contribution is 7.98. The summed E-state index contributed by atoms with van der Waals surface area (Å²) in [6, 6.07) is 0. The van der Waals surface area contributed by atoms with Crippen molar-refractivity contribution in [3.8, 4) is 0 Å². The van der Waals surface area contributed by atoms with E-state index in [2.05, 4.69) is 38.8 Å². The van der Waals surface area contributed by atoms with E-state index < -0.39 is 0 Å². The molecule has 1 rings (SSSR count). The van der Waals surface area contributed by atoms with Gasteiger partial charge < -0.3 is 15.5 Å². The van der Waals surface area contributed by atoms with Gasteiger partial charge in [0, 0.05) is 27.2 Å². The first kappa shape index (κ1) is 16.8. The molecule has 0 spiro atoms. The lowest BCUT2D eigenvalue weighted by atomic mass is 10.3. The van der Waals surface area contributed by atoms with Gasteiger partial charge in [0.25, 0.3) is 0 Å². The van der Waals surface area contributed by atoms with Gasteiger partial charge >= 0.3 is 0 Å². The summed E-state index contributed by atoms with van der Waals surface area (Å²) in [5.41, 5.74) is 0. The Hall–Kier alpha value is -1.24. The van der Waals surface area contributed by atoms with Crippen molar-refractivity contribution >= 4 is 29.6 Å². The van der Waals surface area contributed by atoms with E-state index in [0.717, 1.165) is 25.9 Å². The Labute approximate surface area is 126 Å². The topological polar surface area (TPSA) is 66.0 Å². The summed E-state index contributed by atoms with van der Waals surface area (Å²) in [5, 5.41) is 6.49. The summed E-state index contributed by atoms with van der Waals surface area (Å²) in [4.78, 5) is 15.1. The third kappa shape index (κ3) is 6.27. The second kappa shape index (κ2) is 9.63. The summed E-state index contributed by atoms with van der Waals surface area (Å²) in [5.74, 6) is 3.15. The molecule has 0 bridgehead atoms. The smallest absolute Gasteiger partial charge is 0.231 e. The van der Waals surface area contributed by atoms with Gasteiger partial charge in [-0.1, -0.05) is 6.92 Å². The van der Waals surface area contributed by atoms with Crippen LogP contribution in [0, 0.1) is 0 Å². The molecule has 1 heterocycles. The van der Waals surface area contributed by atoms with Gasteiger partial charge in [0.15, 0.2) is 0 Å². The summed E-state index contributed by atoms with van der Waals surface area (Å²) in [6.07, 6.45) is 5.51. The fourth-order valence-corrected chi connectivity index (χ4v) is 2.02. The number of unbranched alkanes of at least 4 members (excludes halogenated alkanes) is 1. The minimum Gasteiger partial charge on any atom is -0.354 e. The van der Waals surface area contributed by atoms with Gasteiger partial charge in [-0.2, -0.15) is 26.7 Å². The molecule has 7 heteroatoms. The molecule has 1 aromatic heterocycles. The Kier molecular flexibility index (Phi) is 8.10. The summed E-state index contributed by atoms with van der Waals surface area (Å²) >= 11 is 1.88. The SMILES string of the molecule is CCCNc1nc(NCCCCSC)nc(N(C)C)n1. The summed E-state index contributed by atoms with van der Waals surface area (Å²) < 4.78 is 0. The lowest BCUT2D eigenvalue weighted by molar-refractivity contribution is 0.829. The van der Waals surface area contributed by atoms with Crippen LogP contribution in [0.3, 0.4) is 0 Å². The van der Waals surface area contributed by atoms with Crippen LogP contribution in [0.25, 0.3) is 0 Å². The number of rotatable bonds is 10. The zero-order valence-corrected chi connectivity index (χ0v) is 13.8. The number of anilines is 3. The maximum Gasteiger partial charge on any atom is 0.231 e. The van der Waals surface area contributed by atoms with Gasteiger partial charge in [-0.05, 0) is 31.3 Å². The molecule has 0 aliphatic rings. The number of aromatic nitrogens is 3. The molecular formula is C13H26N6S. The zero-order chi connectivity index (χ0) is 14.8. The van der Waals surface area contributed by atoms with Gasteiger partial charge in [0.2, 0.25) is 17.8 Å². The first-order valence-corrected chi connectivity index (χ1v) is 8.46. The molecule has 20 heavy (non-hydrogen) atoms. The van der Waals surface area contributed by atoms with E-state index in [1.54, 1.807) is 0 Å². The third-order valence-corrected chi connectivity index (χ3v) is 3.31. The fourth-order valence-electron chi connectivity index (χ4n) is 1.53. The monoisotopic (exact) mass is 298 g/mol. The Morgan fingerprint density at radius 3 is 2.20 bits per heavy atom. The number of thioether (sulfide) groups is 1. The average Bonchev–Trinajstić information content (AvgIpc) is 2.44. The van der Waals surface area contributed by atoms with Crippen molar-refractivity contribution in [3.63, 3.8) is 0 Å². The second-order valence-electron chi connectivity index (χ2n) is 4.73. The van der Waals surface area contributed by atoms with Gasteiger partial charge in [-0.3, -0.25) is 0 Å². The zero-order valence-electron chi connectivity index (χ0n) is 12.9. The lowest BCUT2D eigenvalue weighted by Crippen LogP contribution is -2.17. The van der Waals surface area contributed by atoms with Gasteiger partial charge in [-0.15, -0.1) is 0 Å². The molecule has 0 fully saturated rings. The van der Waals surface area contributed by atoms with E-state index in [-0.39, 0.29) is 0 Å². The predicted molar refractivity (Wildman–Crippen MR) is 89.0 cm³/mol. The molecule has 0 unspecified atom stereocenters. The Balaban J connectivity index is 2.60. The van der Waals surface area contributed by atoms with Crippen molar-refractivity contribution in [2.24, 2.45) is 0 Å². The average molecular weight is 298 g/mol. The molecular weight excluding hydrogens is 272 g/mol. The maximum absolute atomic E-state index is 4.41. The molecule has 114 valence electrons. The molecule has 0 saturated heterocycles. The number of hydrogen-bond donors (Lipinski definition) is 2. The van der Waals surface area contributed by atoms with Crippen LogP contribution >= 0.6 is 11.8 Å². The first-order chi connectivity index (χ1) is 9.67. The van der Waals surface area contributed by atoms with E-state index in [4.69, 9.17) is 0 Å². The number of nitrogens with one attached hydrogen (secondary N) is 2. The molecule has 0 aliphatic carbocycles. The second-order valence-corrected chi connectivity index (χ2v) is 5.72. The largest absolute Gasteiger partial charge is 0.354 e. The van der Waals surface area contributed by atoms with E-state index in [9.17, 15) is 0 Å². The van der Waals surface area contributed by atoms with Crippen molar-refractivity contribution < 1.29 is 0 Å². The fraction of sp³-hybridized carbons (Fsp3) is 0.769. The van der Waals surface area contributed by atoms with Crippen LogP contribution in [0.2, 0.25) is 0 Å². The van der Waals surface area contributed by atoms with Crippen LogP contribution in [0.4, 0.5) is 17.8 Å². The molecule has 0 amide bonds. The maximum atomic E-state index is 4.41. The molecule has 0 atom stereocenters. The van der Waals surface area contributed by atoms with Gasteiger partial charge in [-0.25, -0.2) is 0 Å². The van der Waals surface area contributed by atoms with Crippen LogP contribution in [-0.4, -0.2) is 54.1 Å². The first-order valence-electron chi connectivity index (χ1n) is 7.07. The summed E-state index contributed by atoms with van der Waals surface area (Å²) in [6.45, 7) is 3.88. The quantitative estimate of drug-likeness (QED) is 0.643. The predicted octanol–water partition coefficient (Wildman–Crippen LogP) is 2.31. The van der Waals surface area contributed by atoms with E-state index in [0.29, 0.717) is 17.8 Å². The van der Waals surface area contributed by atoms with Crippen molar-refractivity contribution in [2.45, 2.75) is 26.2 Å². The van der Waals surface area contributed by atoms with Crippen LogP contribution in [0.15, 0.2) is 0 Å². The minimum atomic E-state index is 0.636. The van der Waals surface area contributed by atoms with Crippen LogP contribution in [-0.2, 0) is 0 Å². The van der Waals surface area contributed by atoms with E-state index >= 15 is 0 Å². The van der Waals surface area contributed by atoms with Gasteiger partial charge in [0.1, 0.15) is 0 Å². The van der Waals surface area contributed by atoms with Gasteiger partial charge in [0.05, 0.1) is 0 Å². The van der Waals surface area contributed by atoms with Crippen LogP contribution in [0.5, 0.6) is 0 Å². The molecule has 0 radical (unpaired) electrons. The Morgan fingerprint density at radius 2 is 1.65 bits per heavy atom. The lowest BCUT2D eigenvalue weighted by Gasteiger charge is -2.14. The molecule has 1 aromatic rings. The highest BCUT2D eigenvalue weighted by Crippen LogP contribution is 2.11. The normalized spacial score (nSPS) is 10.4. The van der Waals surface area contributed by atoms with E-state index in [1.807, 2.05) is 30.8 Å². The van der Waals surface area contributed by atoms with Crippen molar-refractivity contribution in [1.82, 2.24) is 15.0 Å².